The molecule has 3 aliphatic heterocycles. The Bertz CT molecular complexity index is 1090. The van der Waals surface area contributed by atoms with Crippen molar-refractivity contribution in [3.63, 3.8) is 0 Å². The molecule has 2 unspecified atom stereocenters. The summed E-state index contributed by atoms with van der Waals surface area (Å²) in [6.07, 6.45) is 13.2. The van der Waals surface area contributed by atoms with E-state index in [1.165, 1.54) is 0 Å². The molecule has 1 spiro atoms. The molecule has 8 heteroatoms. The molecule has 1 N–H and O–H groups in total. The van der Waals surface area contributed by atoms with E-state index in [4.69, 9.17) is 4.74 Å². The number of piperidine rings is 1. The average molecular weight is 498 g/mol. The number of carbonyl (C=O) groups is 1. The SMILES string of the molecule is C=C/C(=C\C/C=C(\C)C(=O)N1CCC(O)C1)c1cc2c(cn1)OC1(CCN(S(=O)C3CC3)CC1)C2. The van der Waals surface area contributed by atoms with Crippen molar-refractivity contribution in [1.29, 1.82) is 0 Å². The van der Waals surface area contributed by atoms with Gasteiger partial charge in [-0.25, -0.2) is 8.51 Å². The number of hydrogen-bond acceptors (Lipinski definition) is 5. The Hall–Kier alpha value is -2.29. The summed E-state index contributed by atoms with van der Waals surface area (Å²) in [6, 6.07) is 2.10. The van der Waals surface area contributed by atoms with Gasteiger partial charge in [0.1, 0.15) is 11.4 Å². The minimum atomic E-state index is -0.830. The maximum absolute atomic E-state index is 12.5. The molecular formula is C27H35N3O4S. The molecule has 1 amide bonds. The van der Waals surface area contributed by atoms with Crippen LogP contribution in [0.15, 0.2) is 42.6 Å². The normalized spacial score (nSPS) is 25.4. The largest absolute Gasteiger partial charge is 0.485 e. The first-order chi connectivity index (χ1) is 16.9. The number of allylic oxidation sites excluding steroid dienone is 4. The van der Waals surface area contributed by atoms with Gasteiger partial charge in [0.25, 0.3) is 0 Å². The van der Waals surface area contributed by atoms with Crippen LogP contribution in [0.25, 0.3) is 5.57 Å². The molecule has 2 saturated heterocycles. The Morgan fingerprint density at radius 3 is 2.71 bits per heavy atom. The molecule has 5 rings (SSSR count). The Morgan fingerprint density at radius 2 is 2.06 bits per heavy atom. The van der Waals surface area contributed by atoms with Crippen LogP contribution in [0.1, 0.15) is 56.7 Å². The van der Waals surface area contributed by atoms with Crippen LogP contribution in [0.2, 0.25) is 0 Å². The van der Waals surface area contributed by atoms with Gasteiger partial charge >= 0.3 is 0 Å². The number of aliphatic hydroxyl groups excluding tert-OH is 1. The zero-order valence-electron chi connectivity index (χ0n) is 20.4. The van der Waals surface area contributed by atoms with E-state index in [1.54, 1.807) is 11.0 Å². The van der Waals surface area contributed by atoms with Gasteiger partial charge in [0, 0.05) is 61.8 Å². The number of β-amino-alcohol motifs (C(OH)–C–C–N with tert-alkyl or cyclic N) is 1. The fourth-order valence-corrected chi connectivity index (χ4v) is 6.74. The van der Waals surface area contributed by atoms with Gasteiger partial charge in [0.15, 0.2) is 0 Å². The lowest BCUT2D eigenvalue weighted by Crippen LogP contribution is -2.48. The zero-order valence-corrected chi connectivity index (χ0v) is 21.3. The van der Waals surface area contributed by atoms with E-state index in [9.17, 15) is 14.1 Å². The van der Waals surface area contributed by atoms with Crippen LogP contribution in [0, 0.1) is 0 Å². The van der Waals surface area contributed by atoms with Crippen molar-refractivity contribution in [1.82, 2.24) is 14.2 Å². The van der Waals surface area contributed by atoms with Crippen LogP contribution in [-0.4, -0.2) is 72.5 Å². The summed E-state index contributed by atoms with van der Waals surface area (Å²) in [4.78, 5) is 18.9. The van der Waals surface area contributed by atoms with E-state index >= 15 is 0 Å². The van der Waals surface area contributed by atoms with E-state index in [-0.39, 0.29) is 11.5 Å². The molecule has 1 aliphatic carbocycles. The number of amides is 1. The molecule has 3 fully saturated rings. The van der Waals surface area contributed by atoms with Crippen LogP contribution < -0.4 is 4.74 Å². The summed E-state index contributed by atoms with van der Waals surface area (Å²) in [5.74, 6) is 0.836. The summed E-state index contributed by atoms with van der Waals surface area (Å²) in [6.45, 7) is 8.44. The molecule has 2 atom stereocenters. The highest BCUT2D eigenvalue weighted by Gasteiger charge is 2.44. The van der Waals surface area contributed by atoms with Crippen molar-refractivity contribution in [2.75, 3.05) is 26.2 Å². The smallest absolute Gasteiger partial charge is 0.249 e. The van der Waals surface area contributed by atoms with Crippen LogP contribution in [0.5, 0.6) is 5.75 Å². The van der Waals surface area contributed by atoms with Crippen LogP contribution in [-0.2, 0) is 22.2 Å². The first-order valence-electron chi connectivity index (χ1n) is 12.7. The molecule has 7 nitrogen and oxygen atoms in total. The molecule has 0 radical (unpaired) electrons. The second kappa shape index (κ2) is 9.99. The van der Waals surface area contributed by atoms with Gasteiger partial charge in [0.05, 0.1) is 29.0 Å². The minimum absolute atomic E-state index is 0.0137. The van der Waals surface area contributed by atoms with Gasteiger partial charge in [-0.1, -0.05) is 24.8 Å². The third-order valence-corrected chi connectivity index (χ3v) is 9.47. The van der Waals surface area contributed by atoms with Crippen molar-refractivity contribution in [2.24, 2.45) is 0 Å². The number of rotatable bonds is 7. The third-order valence-electron chi connectivity index (χ3n) is 7.55. The second-order valence-electron chi connectivity index (χ2n) is 10.2. The first-order valence-corrected chi connectivity index (χ1v) is 13.8. The van der Waals surface area contributed by atoms with E-state index in [2.05, 4.69) is 21.9 Å². The van der Waals surface area contributed by atoms with Crippen molar-refractivity contribution in [3.8, 4) is 5.75 Å². The van der Waals surface area contributed by atoms with E-state index in [0.29, 0.717) is 36.8 Å². The molecule has 4 aliphatic rings. The number of ether oxygens (including phenoxy) is 1. The lowest BCUT2D eigenvalue weighted by atomic mass is 9.88. The number of aromatic nitrogens is 1. The maximum atomic E-state index is 12.5. The zero-order chi connectivity index (χ0) is 24.6. The van der Waals surface area contributed by atoms with Crippen molar-refractivity contribution in [3.05, 3.63) is 53.9 Å². The number of likely N-dealkylation sites (tertiary alicyclic amines) is 1. The molecular weight excluding hydrogens is 462 g/mol. The minimum Gasteiger partial charge on any atom is -0.485 e. The standard InChI is InChI=1S/C27H35N3O4S/c1-3-20(6-4-5-19(2)26(32)29-12-9-22(31)18-29)24-15-21-16-27(34-25(21)17-28-24)10-13-30(14-11-27)35(33)23-7-8-23/h3,5-6,15,17,22-23,31H,1,4,7-14,16,18H2,2H3/b19-5+,20-6+. The molecule has 4 heterocycles. The van der Waals surface area contributed by atoms with E-state index in [0.717, 1.165) is 67.8 Å². The van der Waals surface area contributed by atoms with Gasteiger partial charge < -0.3 is 14.7 Å². The molecule has 0 bridgehead atoms. The highest BCUT2D eigenvalue weighted by atomic mass is 32.2. The first kappa shape index (κ1) is 24.4. The number of fused-ring (bicyclic) bond motifs is 1. The van der Waals surface area contributed by atoms with Crippen molar-refractivity contribution >= 4 is 22.5 Å². The predicted molar refractivity (Wildman–Crippen MR) is 137 cm³/mol. The monoisotopic (exact) mass is 497 g/mol. The van der Waals surface area contributed by atoms with Gasteiger partial charge in [-0.3, -0.25) is 9.78 Å². The average Bonchev–Trinajstić information content (AvgIpc) is 3.53. The Morgan fingerprint density at radius 1 is 1.29 bits per heavy atom. The van der Waals surface area contributed by atoms with Gasteiger partial charge in [-0.15, -0.1) is 0 Å². The second-order valence-corrected chi connectivity index (χ2v) is 12.0. The molecule has 1 aromatic heterocycles. The van der Waals surface area contributed by atoms with Crippen molar-refractivity contribution in [2.45, 2.75) is 68.8 Å². The van der Waals surface area contributed by atoms with Crippen LogP contribution in [0.3, 0.4) is 0 Å². The number of aliphatic hydroxyl groups is 1. The quantitative estimate of drug-likeness (QED) is 0.462. The van der Waals surface area contributed by atoms with Crippen molar-refractivity contribution < 1.29 is 18.8 Å². The lowest BCUT2D eigenvalue weighted by molar-refractivity contribution is -0.126. The summed E-state index contributed by atoms with van der Waals surface area (Å²) < 4.78 is 21.0. The van der Waals surface area contributed by atoms with Gasteiger partial charge in [0.2, 0.25) is 5.91 Å². The van der Waals surface area contributed by atoms with Gasteiger partial charge in [-0.05, 0) is 44.2 Å². The summed E-state index contributed by atoms with van der Waals surface area (Å²) in [7, 11) is -0.830. The molecule has 1 saturated carbocycles. The summed E-state index contributed by atoms with van der Waals surface area (Å²) in [5, 5.41) is 10.1. The third kappa shape index (κ3) is 5.29. The van der Waals surface area contributed by atoms with Gasteiger partial charge in [-0.2, -0.15) is 0 Å². The van der Waals surface area contributed by atoms with E-state index in [1.807, 2.05) is 25.3 Å². The summed E-state index contributed by atoms with van der Waals surface area (Å²) >= 11 is 0. The Labute approximate surface area is 210 Å². The number of carbonyl (C=O) groups excluding carboxylic acids is 1. The topological polar surface area (TPSA) is 83.0 Å². The maximum Gasteiger partial charge on any atom is 0.249 e. The molecule has 35 heavy (non-hydrogen) atoms. The summed E-state index contributed by atoms with van der Waals surface area (Å²) in [5.41, 5.74) is 3.41. The Kier molecular flexibility index (Phi) is 6.97. The molecule has 0 aromatic carbocycles. The van der Waals surface area contributed by atoms with Crippen LogP contribution in [0.4, 0.5) is 0 Å². The molecule has 188 valence electrons. The fourth-order valence-electron chi connectivity index (χ4n) is 5.24. The number of hydrogen-bond donors (Lipinski definition) is 1. The lowest BCUT2D eigenvalue weighted by Gasteiger charge is -2.37. The molecule has 1 aromatic rings. The van der Waals surface area contributed by atoms with E-state index < -0.39 is 17.1 Å². The highest BCUT2D eigenvalue weighted by molar-refractivity contribution is 7.83. The number of pyridine rings is 1. The number of nitrogens with zero attached hydrogens (tertiary/aromatic N) is 3. The fraction of sp³-hybridized carbons (Fsp3) is 0.556. The van der Waals surface area contributed by atoms with Crippen LogP contribution >= 0.6 is 0 Å². The Balaban J connectivity index is 1.21. The highest BCUT2D eigenvalue weighted by Crippen LogP contribution is 2.42. The predicted octanol–water partition coefficient (Wildman–Crippen LogP) is 3.18.